The second-order valence-electron chi connectivity index (χ2n) is 7.85. The highest BCUT2D eigenvalue weighted by Crippen LogP contribution is 2.35. The molecule has 0 N–H and O–H groups in total. The van der Waals surface area contributed by atoms with E-state index in [1.54, 1.807) is 30.3 Å². The zero-order chi connectivity index (χ0) is 21.9. The smallest absolute Gasteiger partial charge is 0.131 e. The van der Waals surface area contributed by atoms with Gasteiger partial charge in [-0.05, 0) is 53.4 Å². The molecular formula is C28H30FNO. The van der Waals surface area contributed by atoms with Crippen LogP contribution in [0.5, 0.6) is 5.75 Å². The average Bonchev–Trinajstić information content (AvgIpc) is 2.81. The molecule has 3 rings (SSSR count). The lowest BCUT2D eigenvalue weighted by Gasteiger charge is -2.12. The highest BCUT2D eigenvalue weighted by molar-refractivity contribution is 5.84. The number of unbranched alkanes of at least 4 members (excludes halogenated alkanes) is 6. The third-order valence-corrected chi connectivity index (χ3v) is 5.50. The first-order valence-corrected chi connectivity index (χ1v) is 11.2. The van der Waals surface area contributed by atoms with Gasteiger partial charge in [0.25, 0.3) is 0 Å². The molecule has 3 heteroatoms. The van der Waals surface area contributed by atoms with Gasteiger partial charge in [-0.3, -0.25) is 0 Å². The van der Waals surface area contributed by atoms with Crippen molar-refractivity contribution in [3.05, 3.63) is 78.1 Å². The van der Waals surface area contributed by atoms with Crippen LogP contribution in [0.3, 0.4) is 0 Å². The topological polar surface area (TPSA) is 33.0 Å². The summed E-state index contributed by atoms with van der Waals surface area (Å²) in [5.41, 5.74) is 3.62. The van der Waals surface area contributed by atoms with Gasteiger partial charge in [0.1, 0.15) is 11.6 Å². The first-order chi connectivity index (χ1) is 15.2. The maximum Gasteiger partial charge on any atom is 0.131 e. The number of rotatable bonds is 11. The third-order valence-electron chi connectivity index (χ3n) is 5.50. The van der Waals surface area contributed by atoms with Crippen molar-refractivity contribution in [1.29, 1.82) is 5.26 Å². The molecule has 0 fully saturated rings. The van der Waals surface area contributed by atoms with Crippen LogP contribution in [0.25, 0.3) is 22.3 Å². The van der Waals surface area contributed by atoms with Crippen molar-refractivity contribution >= 4 is 0 Å². The Morgan fingerprint density at radius 2 is 1.42 bits per heavy atom. The Morgan fingerprint density at radius 3 is 2.10 bits per heavy atom. The summed E-state index contributed by atoms with van der Waals surface area (Å²) in [5.74, 6) is 0.563. The lowest BCUT2D eigenvalue weighted by molar-refractivity contribution is 0.304. The van der Waals surface area contributed by atoms with Crippen molar-refractivity contribution in [3.8, 4) is 34.1 Å². The molecule has 0 aliphatic rings. The molecule has 0 bridgehead atoms. The first kappa shape index (κ1) is 22.6. The molecule has 0 spiro atoms. The summed E-state index contributed by atoms with van der Waals surface area (Å²) in [6.07, 6.45) is 8.82. The van der Waals surface area contributed by atoms with E-state index in [4.69, 9.17) is 10.00 Å². The second kappa shape index (κ2) is 11.9. The van der Waals surface area contributed by atoms with Crippen LogP contribution < -0.4 is 4.74 Å². The Morgan fingerprint density at radius 1 is 0.774 bits per heavy atom. The van der Waals surface area contributed by atoms with E-state index in [9.17, 15) is 4.39 Å². The van der Waals surface area contributed by atoms with Gasteiger partial charge in [-0.2, -0.15) is 5.26 Å². The van der Waals surface area contributed by atoms with E-state index in [1.807, 2.05) is 30.3 Å². The Balaban J connectivity index is 1.63. The second-order valence-corrected chi connectivity index (χ2v) is 7.85. The molecule has 3 aromatic carbocycles. The van der Waals surface area contributed by atoms with Gasteiger partial charge in [-0.15, -0.1) is 0 Å². The van der Waals surface area contributed by atoms with Crippen LogP contribution in [0, 0.1) is 17.1 Å². The average molecular weight is 416 g/mol. The van der Waals surface area contributed by atoms with Crippen LogP contribution in [0.1, 0.15) is 57.4 Å². The molecule has 0 saturated heterocycles. The highest BCUT2D eigenvalue weighted by atomic mass is 19.1. The fourth-order valence-corrected chi connectivity index (χ4v) is 3.75. The zero-order valence-electron chi connectivity index (χ0n) is 18.2. The van der Waals surface area contributed by atoms with Crippen molar-refractivity contribution in [2.45, 2.75) is 51.9 Å². The standard InChI is InChI=1S/C28H30FNO/c1-2-3-4-5-6-7-8-20-31-25-18-16-23(17-19-25)26-10-9-11-27(29)28(26)24-14-12-22(21-30)13-15-24/h9-19H,2-8,20H2,1H3. The Kier molecular flexibility index (Phi) is 8.67. The molecule has 0 aromatic heterocycles. The lowest BCUT2D eigenvalue weighted by Crippen LogP contribution is -1.97. The van der Waals surface area contributed by atoms with Crippen LogP contribution in [-0.2, 0) is 0 Å². The molecule has 0 saturated carbocycles. The van der Waals surface area contributed by atoms with Gasteiger partial charge in [0.05, 0.1) is 18.2 Å². The fraction of sp³-hybridized carbons (Fsp3) is 0.321. The van der Waals surface area contributed by atoms with E-state index in [1.165, 1.54) is 44.6 Å². The first-order valence-electron chi connectivity index (χ1n) is 11.2. The van der Waals surface area contributed by atoms with Crippen LogP contribution in [0.15, 0.2) is 66.7 Å². The molecular weight excluding hydrogens is 385 g/mol. The Labute approximate surface area is 185 Å². The summed E-state index contributed by atoms with van der Waals surface area (Å²) >= 11 is 0. The van der Waals surface area contributed by atoms with Gasteiger partial charge < -0.3 is 4.74 Å². The van der Waals surface area contributed by atoms with Crippen LogP contribution in [0.2, 0.25) is 0 Å². The minimum Gasteiger partial charge on any atom is -0.494 e. The molecule has 0 aliphatic carbocycles. The van der Waals surface area contributed by atoms with Gasteiger partial charge in [-0.25, -0.2) is 4.39 Å². The zero-order valence-corrected chi connectivity index (χ0v) is 18.2. The monoisotopic (exact) mass is 415 g/mol. The minimum atomic E-state index is -0.276. The molecule has 0 unspecified atom stereocenters. The summed E-state index contributed by atoms with van der Waals surface area (Å²) in [5, 5.41) is 9.01. The van der Waals surface area contributed by atoms with Gasteiger partial charge in [-0.1, -0.05) is 81.8 Å². The highest BCUT2D eigenvalue weighted by Gasteiger charge is 2.13. The number of benzene rings is 3. The van der Waals surface area contributed by atoms with E-state index in [0.717, 1.165) is 35.5 Å². The minimum absolute atomic E-state index is 0.276. The van der Waals surface area contributed by atoms with Gasteiger partial charge >= 0.3 is 0 Å². The fourth-order valence-electron chi connectivity index (χ4n) is 3.75. The van der Waals surface area contributed by atoms with Gasteiger partial charge in [0.15, 0.2) is 0 Å². The number of nitriles is 1. The summed E-state index contributed by atoms with van der Waals surface area (Å²) in [4.78, 5) is 0. The molecule has 2 nitrogen and oxygen atoms in total. The van der Waals surface area contributed by atoms with E-state index in [2.05, 4.69) is 13.0 Å². The van der Waals surface area contributed by atoms with Crippen molar-refractivity contribution in [1.82, 2.24) is 0 Å². The third kappa shape index (κ3) is 6.43. The van der Waals surface area contributed by atoms with E-state index in [0.29, 0.717) is 11.1 Å². The Hall–Kier alpha value is -3.12. The van der Waals surface area contributed by atoms with E-state index in [-0.39, 0.29) is 5.82 Å². The molecule has 160 valence electrons. The molecule has 0 aliphatic heterocycles. The van der Waals surface area contributed by atoms with Crippen LogP contribution in [-0.4, -0.2) is 6.61 Å². The molecule has 3 aromatic rings. The molecule has 31 heavy (non-hydrogen) atoms. The predicted molar refractivity (Wildman–Crippen MR) is 125 cm³/mol. The maximum absolute atomic E-state index is 14.7. The Bertz CT molecular complexity index is 987. The molecule has 0 atom stereocenters. The number of ether oxygens (including phenoxy) is 1. The summed E-state index contributed by atoms with van der Waals surface area (Å²) in [7, 11) is 0. The largest absolute Gasteiger partial charge is 0.494 e. The van der Waals surface area contributed by atoms with Crippen molar-refractivity contribution in [2.24, 2.45) is 0 Å². The molecule has 0 radical (unpaired) electrons. The number of nitrogens with zero attached hydrogens (tertiary/aromatic N) is 1. The van der Waals surface area contributed by atoms with Crippen LogP contribution >= 0.6 is 0 Å². The number of hydrogen-bond acceptors (Lipinski definition) is 2. The van der Waals surface area contributed by atoms with Crippen LogP contribution in [0.4, 0.5) is 4.39 Å². The summed E-state index contributed by atoms with van der Waals surface area (Å²) in [6, 6.07) is 22.1. The van der Waals surface area contributed by atoms with E-state index < -0.39 is 0 Å². The summed E-state index contributed by atoms with van der Waals surface area (Å²) in [6.45, 7) is 2.96. The normalized spacial score (nSPS) is 10.6. The maximum atomic E-state index is 14.7. The SMILES string of the molecule is CCCCCCCCCOc1ccc(-c2cccc(F)c2-c2ccc(C#N)cc2)cc1. The molecule has 0 heterocycles. The summed E-state index contributed by atoms with van der Waals surface area (Å²) < 4.78 is 20.6. The lowest BCUT2D eigenvalue weighted by atomic mass is 9.93. The molecule has 0 amide bonds. The quantitative estimate of drug-likeness (QED) is 0.296. The number of hydrogen-bond donors (Lipinski definition) is 0. The number of halogens is 1. The van der Waals surface area contributed by atoms with Crippen molar-refractivity contribution in [2.75, 3.05) is 6.61 Å². The van der Waals surface area contributed by atoms with Gasteiger partial charge in [0, 0.05) is 5.56 Å². The van der Waals surface area contributed by atoms with Crippen molar-refractivity contribution < 1.29 is 9.13 Å². The van der Waals surface area contributed by atoms with E-state index >= 15 is 0 Å². The predicted octanol–water partition coefficient (Wildman–Crippen LogP) is 8.16. The van der Waals surface area contributed by atoms with Gasteiger partial charge in [0.2, 0.25) is 0 Å². The van der Waals surface area contributed by atoms with Crippen molar-refractivity contribution in [3.63, 3.8) is 0 Å².